The molecule has 0 aromatic carbocycles. The van der Waals surface area contributed by atoms with Gasteiger partial charge >= 0.3 is 6.18 Å². The Hall–Kier alpha value is -1.15. The number of alkyl halides is 3. The number of imidazole rings is 1. The topological polar surface area (TPSA) is 30.7 Å². The molecule has 0 unspecified atom stereocenters. The van der Waals surface area contributed by atoms with E-state index in [-0.39, 0.29) is 5.82 Å². The minimum atomic E-state index is -4.26. The van der Waals surface area contributed by atoms with Crippen molar-refractivity contribution in [2.45, 2.75) is 12.7 Å². The third-order valence-electron chi connectivity index (χ3n) is 1.97. The van der Waals surface area contributed by atoms with Crippen LogP contribution in [0.1, 0.15) is 10.8 Å². The zero-order valence-corrected chi connectivity index (χ0v) is 11.3. The first-order valence-corrected chi connectivity index (χ1v) is 6.42. The van der Waals surface area contributed by atoms with Gasteiger partial charge in [0.1, 0.15) is 17.4 Å². The maximum atomic E-state index is 12.3. The first-order chi connectivity index (χ1) is 8.44. The molecule has 2 heterocycles. The molecule has 2 aromatic rings. The highest BCUT2D eigenvalue weighted by molar-refractivity contribution is 9.11. The molecule has 2 aromatic heterocycles. The van der Waals surface area contributed by atoms with Crippen LogP contribution < -0.4 is 0 Å². The fourth-order valence-electron chi connectivity index (χ4n) is 1.30. The molecule has 0 spiro atoms. The predicted molar refractivity (Wildman–Crippen MR) is 67.0 cm³/mol. The molecular formula is C10H7BrF3N3S. The highest BCUT2D eigenvalue weighted by Crippen LogP contribution is 2.22. The fourth-order valence-corrected chi connectivity index (χ4v) is 2.44. The standard InChI is InChI=1S/C10H7BrF3N3S/c11-7-5-16-9(18-7)2-1-8-15-3-4-17(8)6-10(12,13)14/h1-5H,6H2/b2-1+. The normalized spacial score (nSPS) is 12.4. The molecule has 0 radical (unpaired) electrons. The van der Waals surface area contributed by atoms with Gasteiger partial charge < -0.3 is 4.57 Å². The SMILES string of the molecule is FC(F)(F)Cn1ccnc1/C=C/c1ncc(Br)s1. The van der Waals surface area contributed by atoms with Crippen molar-refractivity contribution in [2.75, 3.05) is 0 Å². The van der Waals surface area contributed by atoms with Crippen LogP contribution in [0, 0.1) is 0 Å². The lowest BCUT2D eigenvalue weighted by Gasteiger charge is -2.08. The first kappa shape index (κ1) is 13.3. The maximum Gasteiger partial charge on any atom is 0.406 e. The third kappa shape index (κ3) is 3.67. The summed E-state index contributed by atoms with van der Waals surface area (Å²) >= 11 is 4.65. The second-order valence-electron chi connectivity index (χ2n) is 3.36. The van der Waals surface area contributed by atoms with E-state index >= 15 is 0 Å². The number of hydrogen-bond acceptors (Lipinski definition) is 3. The Morgan fingerprint density at radius 3 is 2.72 bits per heavy atom. The molecule has 0 atom stereocenters. The fraction of sp³-hybridized carbons (Fsp3) is 0.200. The number of thiazole rings is 1. The summed E-state index contributed by atoms with van der Waals surface area (Å²) < 4.78 is 38.7. The summed E-state index contributed by atoms with van der Waals surface area (Å²) in [6.07, 6.45) is 3.15. The Morgan fingerprint density at radius 2 is 2.11 bits per heavy atom. The van der Waals surface area contributed by atoms with E-state index in [0.29, 0.717) is 5.01 Å². The van der Waals surface area contributed by atoms with E-state index in [4.69, 9.17) is 0 Å². The van der Waals surface area contributed by atoms with Crippen molar-refractivity contribution in [3.63, 3.8) is 0 Å². The minimum absolute atomic E-state index is 0.249. The monoisotopic (exact) mass is 337 g/mol. The first-order valence-electron chi connectivity index (χ1n) is 4.81. The van der Waals surface area contributed by atoms with Crippen LogP contribution in [0.5, 0.6) is 0 Å². The molecule has 18 heavy (non-hydrogen) atoms. The number of rotatable bonds is 3. The van der Waals surface area contributed by atoms with Crippen LogP contribution in [0.3, 0.4) is 0 Å². The average molecular weight is 338 g/mol. The molecule has 8 heteroatoms. The quantitative estimate of drug-likeness (QED) is 0.852. The van der Waals surface area contributed by atoms with Crippen molar-refractivity contribution in [1.29, 1.82) is 0 Å². The van der Waals surface area contributed by atoms with Crippen LogP contribution in [-0.4, -0.2) is 20.7 Å². The highest BCUT2D eigenvalue weighted by atomic mass is 79.9. The van der Waals surface area contributed by atoms with Crippen LogP contribution in [0.4, 0.5) is 13.2 Å². The summed E-state index contributed by atoms with van der Waals surface area (Å²) in [6.45, 7) is -1.05. The van der Waals surface area contributed by atoms with E-state index in [0.717, 1.165) is 8.35 Å². The van der Waals surface area contributed by atoms with E-state index in [1.807, 2.05) is 0 Å². The van der Waals surface area contributed by atoms with Gasteiger partial charge in [-0.1, -0.05) is 0 Å². The van der Waals surface area contributed by atoms with Crippen LogP contribution in [0.25, 0.3) is 12.2 Å². The van der Waals surface area contributed by atoms with Gasteiger partial charge in [-0.15, -0.1) is 11.3 Å². The number of nitrogens with zero attached hydrogens (tertiary/aromatic N) is 3. The average Bonchev–Trinajstić information content (AvgIpc) is 2.82. The Balaban J connectivity index is 2.15. The molecule has 0 saturated heterocycles. The number of halogens is 4. The van der Waals surface area contributed by atoms with Gasteiger partial charge in [0.05, 0.1) is 9.98 Å². The lowest BCUT2D eigenvalue weighted by molar-refractivity contribution is -0.140. The van der Waals surface area contributed by atoms with Crippen LogP contribution in [-0.2, 0) is 6.54 Å². The Kier molecular flexibility index (Phi) is 3.86. The molecule has 0 bridgehead atoms. The highest BCUT2D eigenvalue weighted by Gasteiger charge is 2.28. The van der Waals surface area contributed by atoms with E-state index < -0.39 is 12.7 Å². The molecule has 0 aliphatic heterocycles. The van der Waals surface area contributed by atoms with Crippen molar-refractivity contribution >= 4 is 39.4 Å². The molecule has 0 saturated carbocycles. The third-order valence-corrected chi connectivity index (χ3v) is 3.41. The molecule has 0 N–H and O–H groups in total. The largest absolute Gasteiger partial charge is 0.406 e. The van der Waals surface area contributed by atoms with Gasteiger partial charge in [0, 0.05) is 12.4 Å². The van der Waals surface area contributed by atoms with Crippen molar-refractivity contribution in [1.82, 2.24) is 14.5 Å². The van der Waals surface area contributed by atoms with Gasteiger partial charge in [-0.2, -0.15) is 13.2 Å². The second-order valence-corrected chi connectivity index (χ2v) is 5.81. The molecule has 0 aliphatic rings. The summed E-state index contributed by atoms with van der Waals surface area (Å²) in [4.78, 5) is 7.91. The Bertz CT molecular complexity index is 559. The summed E-state index contributed by atoms with van der Waals surface area (Å²) in [6, 6.07) is 0. The van der Waals surface area contributed by atoms with Gasteiger partial charge in [-0.3, -0.25) is 0 Å². The number of hydrogen-bond donors (Lipinski definition) is 0. The van der Waals surface area contributed by atoms with Gasteiger partial charge in [0.25, 0.3) is 0 Å². The molecule has 96 valence electrons. The van der Waals surface area contributed by atoms with E-state index in [9.17, 15) is 13.2 Å². The van der Waals surface area contributed by atoms with Crippen molar-refractivity contribution in [3.05, 3.63) is 33.2 Å². The molecule has 0 amide bonds. The minimum Gasteiger partial charge on any atom is -0.322 e. The maximum absolute atomic E-state index is 12.3. The summed E-state index contributed by atoms with van der Waals surface area (Å²) in [5, 5.41) is 0.698. The van der Waals surface area contributed by atoms with E-state index in [1.165, 1.54) is 29.8 Å². The van der Waals surface area contributed by atoms with Gasteiger partial charge in [-0.25, -0.2) is 9.97 Å². The Morgan fingerprint density at radius 1 is 1.33 bits per heavy atom. The zero-order valence-electron chi connectivity index (χ0n) is 8.86. The van der Waals surface area contributed by atoms with Gasteiger partial charge in [-0.05, 0) is 28.1 Å². The molecule has 0 fully saturated rings. The van der Waals surface area contributed by atoms with Crippen LogP contribution >= 0.6 is 27.3 Å². The number of aromatic nitrogens is 3. The van der Waals surface area contributed by atoms with Crippen molar-refractivity contribution < 1.29 is 13.2 Å². The molecule has 0 aliphatic carbocycles. The van der Waals surface area contributed by atoms with Crippen LogP contribution in [0.15, 0.2) is 22.4 Å². The van der Waals surface area contributed by atoms with Gasteiger partial charge in [0.2, 0.25) is 0 Å². The summed E-state index contributed by atoms with van der Waals surface area (Å²) in [7, 11) is 0. The Labute approximate surface area is 113 Å². The molecular weight excluding hydrogens is 331 g/mol. The zero-order chi connectivity index (χ0) is 13.2. The molecule has 2 rings (SSSR count). The van der Waals surface area contributed by atoms with E-state index in [2.05, 4.69) is 25.9 Å². The molecule has 3 nitrogen and oxygen atoms in total. The van der Waals surface area contributed by atoms with Crippen molar-refractivity contribution in [3.8, 4) is 0 Å². The lowest BCUT2D eigenvalue weighted by Crippen LogP contribution is -2.17. The lowest BCUT2D eigenvalue weighted by atomic mass is 10.4. The van der Waals surface area contributed by atoms with Crippen molar-refractivity contribution in [2.24, 2.45) is 0 Å². The van der Waals surface area contributed by atoms with Crippen LogP contribution in [0.2, 0.25) is 0 Å². The summed E-state index contributed by atoms with van der Waals surface area (Å²) in [5.74, 6) is 0.249. The second kappa shape index (κ2) is 5.23. The predicted octanol–water partition coefficient (Wildman–Crippen LogP) is 3.83. The smallest absolute Gasteiger partial charge is 0.322 e. The summed E-state index contributed by atoms with van der Waals surface area (Å²) in [5.41, 5.74) is 0. The van der Waals surface area contributed by atoms with Gasteiger partial charge in [0.15, 0.2) is 0 Å². The van der Waals surface area contributed by atoms with E-state index in [1.54, 1.807) is 12.3 Å².